The standard InChI is InChI=1S/C6H13N7O2/c1-3-12(4-2)13(14)11-15-5-6-7-9-10-8-6/h3-5H2,1-2H3,(H,7,8,9,10). The summed E-state index contributed by atoms with van der Waals surface area (Å²) in [5.74, 6) is 0.340. The van der Waals surface area contributed by atoms with Gasteiger partial charge in [-0.25, -0.2) is 0 Å². The third-order valence-corrected chi connectivity index (χ3v) is 1.68. The van der Waals surface area contributed by atoms with Gasteiger partial charge in [-0.15, -0.1) is 15.2 Å². The van der Waals surface area contributed by atoms with Crippen molar-refractivity contribution in [2.45, 2.75) is 20.5 Å². The van der Waals surface area contributed by atoms with Crippen LogP contribution in [0.3, 0.4) is 0 Å². The normalized spacial score (nSPS) is 11.5. The largest absolute Gasteiger partial charge is 0.569 e. The van der Waals surface area contributed by atoms with E-state index in [0.717, 1.165) is 0 Å². The minimum atomic E-state index is 0.0104. The van der Waals surface area contributed by atoms with E-state index < -0.39 is 0 Å². The fraction of sp³-hybridized carbons (Fsp3) is 0.833. The highest BCUT2D eigenvalue weighted by Crippen LogP contribution is 1.93. The topological polar surface area (TPSA) is 105 Å². The SMILES string of the molecule is CCN(CC)[N+]([O-])=NOCc1nn[nH]n1. The molecular weight excluding hydrogens is 202 g/mol. The van der Waals surface area contributed by atoms with E-state index in [1.54, 1.807) is 0 Å². The molecule has 0 unspecified atom stereocenters. The molecule has 9 nitrogen and oxygen atoms in total. The van der Waals surface area contributed by atoms with E-state index >= 15 is 0 Å². The van der Waals surface area contributed by atoms with Gasteiger partial charge in [-0.1, -0.05) is 5.21 Å². The van der Waals surface area contributed by atoms with Crippen molar-refractivity contribution in [3.63, 3.8) is 0 Å². The van der Waals surface area contributed by atoms with Crippen molar-refractivity contribution in [1.29, 1.82) is 0 Å². The molecular formula is C6H13N7O2. The zero-order valence-electron chi connectivity index (χ0n) is 8.62. The summed E-state index contributed by atoms with van der Waals surface area (Å²) in [5.41, 5.74) is 0. The summed E-state index contributed by atoms with van der Waals surface area (Å²) in [4.78, 5) is 5.14. The van der Waals surface area contributed by atoms with E-state index in [9.17, 15) is 5.21 Å². The number of tetrazole rings is 1. The molecule has 1 aromatic heterocycles. The molecule has 1 N–H and O–H groups in total. The first-order valence-electron chi connectivity index (χ1n) is 4.55. The van der Waals surface area contributed by atoms with E-state index in [0.29, 0.717) is 23.9 Å². The Balaban J connectivity index is 2.36. The molecule has 9 heteroatoms. The Kier molecular flexibility index (Phi) is 4.26. The molecule has 0 bridgehead atoms. The minimum Gasteiger partial charge on any atom is -0.569 e. The van der Waals surface area contributed by atoms with Gasteiger partial charge in [0.15, 0.2) is 6.61 Å². The molecule has 15 heavy (non-hydrogen) atoms. The number of aromatic nitrogens is 4. The van der Waals surface area contributed by atoms with Crippen LogP contribution in [0.15, 0.2) is 5.28 Å². The highest BCUT2D eigenvalue weighted by molar-refractivity contribution is 4.69. The van der Waals surface area contributed by atoms with Gasteiger partial charge in [-0.2, -0.15) is 5.21 Å². The predicted octanol–water partition coefficient (Wildman–Crippen LogP) is -0.149. The second kappa shape index (κ2) is 5.73. The van der Waals surface area contributed by atoms with Gasteiger partial charge in [0.1, 0.15) is 0 Å². The summed E-state index contributed by atoms with van der Waals surface area (Å²) in [7, 11) is 0. The van der Waals surface area contributed by atoms with Crippen LogP contribution >= 0.6 is 0 Å². The summed E-state index contributed by atoms with van der Waals surface area (Å²) in [6.07, 6.45) is 0. The molecule has 0 aromatic carbocycles. The van der Waals surface area contributed by atoms with Crippen LogP contribution in [0.4, 0.5) is 0 Å². The number of nitrogens with zero attached hydrogens (tertiary/aromatic N) is 6. The summed E-state index contributed by atoms with van der Waals surface area (Å²) in [6, 6.07) is 0. The number of aromatic amines is 1. The smallest absolute Gasteiger partial charge is 0.233 e. The zero-order valence-corrected chi connectivity index (χ0v) is 8.62. The molecule has 0 aliphatic carbocycles. The molecule has 0 aliphatic heterocycles. The monoisotopic (exact) mass is 215 g/mol. The van der Waals surface area contributed by atoms with Crippen LogP contribution in [-0.4, -0.2) is 43.7 Å². The van der Waals surface area contributed by atoms with Gasteiger partial charge < -0.3 is 10.0 Å². The highest BCUT2D eigenvalue weighted by Gasteiger charge is 2.07. The zero-order chi connectivity index (χ0) is 11.1. The molecule has 1 aromatic rings. The Morgan fingerprint density at radius 3 is 2.80 bits per heavy atom. The van der Waals surface area contributed by atoms with Crippen LogP contribution < -0.4 is 0 Å². The van der Waals surface area contributed by atoms with Crippen LogP contribution in [0.1, 0.15) is 19.7 Å². The molecule has 0 atom stereocenters. The van der Waals surface area contributed by atoms with Crippen LogP contribution in [0, 0.1) is 5.21 Å². The van der Waals surface area contributed by atoms with Gasteiger partial charge in [0.05, 0.1) is 18.1 Å². The van der Waals surface area contributed by atoms with Gasteiger partial charge in [-0.3, -0.25) is 0 Å². The van der Waals surface area contributed by atoms with Crippen LogP contribution in [0.25, 0.3) is 0 Å². The number of hydrogen-bond acceptors (Lipinski definition) is 6. The summed E-state index contributed by atoms with van der Waals surface area (Å²) in [5, 5.41) is 28.8. The van der Waals surface area contributed by atoms with Crippen LogP contribution in [-0.2, 0) is 11.4 Å². The van der Waals surface area contributed by atoms with Gasteiger partial charge in [0.2, 0.25) is 11.1 Å². The van der Waals surface area contributed by atoms with E-state index in [1.807, 2.05) is 13.8 Å². The molecule has 0 saturated heterocycles. The lowest BCUT2D eigenvalue weighted by molar-refractivity contribution is -0.710. The Morgan fingerprint density at radius 1 is 1.53 bits per heavy atom. The summed E-state index contributed by atoms with van der Waals surface area (Å²) >= 11 is 0. The van der Waals surface area contributed by atoms with E-state index in [2.05, 4.69) is 25.9 Å². The average molecular weight is 215 g/mol. The van der Waals surface area contributed by atoms with Crippen molar-refractivity contribution in [3.8, 4) is 0 Å². The lowest BCUT2D eigenvalue weighted by atomic mass is 10.6. The highest BCUT2D eigenvalue weighted by atomic mass is 16.7. The van der Waals surface area contributed by atoms with Gasteiger partial charge in [0, 0.05) is 0 Å². The average Bonchev–Trinajstić information content (AvgIpc) is 2.72. The number of nitrogens with one attached hydrogen (secondary N) is 1. The molecule has 1 rings (SSSR count). The predicted molar refractivity (Wildman–Crippen MR) is 47.9 cm³/mol. The number of rotatable bonds is 6. The maximum Gasteiger partial charge on any atom is 0.233 e. The number of H-pyrrole nitrogens is 1. The van der Waals surface area contributed by atoms with E-state index in [4.69, 9.17) is 4.84 Å². The van der Waals surface area contributed by atoms with Crippen LogP contribution in [0.2, 0.25) is 0 Å². The quantitative estimate of drug-likeness (QED) is 0.402. The molecule has 0 spiro atoms. The van der Waals surface area contributed by atoms with Crippen molar-refractivity contribution in [2.24, 2.45) is 5.28 Å². The fourth-order valence-corrected chi connectivity index (χ4v) is 0.897. The first-order chi connectivity index (χ1) is 7.27. The summed E-state index contributed by atoms with van der Waals surface area (Å²) < 4.78 is 0. The fourth-order valence-electron chi connectivity index (χ4n) is 0.897. The third kappa shape index (κ3) is 3.37. The Hall–Kier alpha value is -1.93. The van der Waals surface area contributed by atoms with Gasteiger partial charge in [-0.05, 0) is 13.8 Å². The second-order valence-electron chi connectivity index (χ2n) is 2.57. The van der Waals surface area contributed by atoms with Crippen molar-refractivity contribution in [1.82, 2.24) is 25.6 Å². The van der Waals surface area contributed by atoms with Gasteiger partial charge >= 0.3 is 0 Å². The maximum absolute atomic E-state index is 11.2. The Morgan fingerprint density at radius 2 is 2.27 bits per heavy atom. The van der Waals surface area contributed by atoms with Crippen molar-refractivity contribution >= 4 is 0 Å². The lowest BCUT2D eigenvalue weighted by Crippen LogP contribution is -2.30. The number of hydrogen-bond donors (Lipinski definition) is 1. The molecule has 0 amide bonds. The Bertz CT molecular complexity index is 294. The second-order valence-corrected chi connectivity index (χ2v) is 2.57. The molecule has 0 fully saturated rings. The molecule has 0 radical (unpaired) electrons. The first kappa shape index (κ1) is 11.1. The van der Waals surface area contributed by atoms with Crippen LogP contribution in [0.5, 0.6) is 0 Å². The van der Waals surface area contributed by atoms with E-state index in [1.165, 1.54) is 5.01 Å². The lowest BCUT2D eigenvalue weighted by Gasteiger charge is -2.12. The number of hydrazine groups is 1. The minimum absolute atomic E-state index is 0.0104. The first-order valence-corrected chi connectivity index (χ1v) is 4.55. The van der Waals surface area contributed by atoms with Crippen molar-refractivity contribution < 1.29 is 9.81 Å². The third-order valence-electron chi connectivity index (χ3n) is 1.68. The van der Waals surface area contributed by atoms with Crippen molar-refractivity contribution in [3.05, 3.63) is 11.0 Å². The van der Waals surface area contributed by atoms with Gasteiger partial charge in [0.25, 0.3) is 0 Å². The van der Waals surface area contributed by atoms with E-state index in [-0.39, 0.29) is 6.61 Å². The molecule has 84 valence electrons. The summed E-state index contributed by atoms with van der Waals surface area (Å²) in [6.45, 7) is 4.84. The molecule has 1 heterocycles. The van der Waals surface area contributed by atoms with Crippen molar-refractivity contribution in [2.75, 3.05) is 13.1 Å². The maximum atomic E-state index is 11.2. The molecule has 0 aliphatic rings. The Labute approximate surface area is 86.2 Å². The molecule has 0 saturated carbocycles.